The van der Waals surface area contributed by atoms with E-state index in [0.29, 0.717) is 29.2 Å². The Morgan fingerprint density at radius 3 is 2.45 bits per heavy atom. The summed E-state index contributed by atoms with van der Waals surface area (Å²) in [5.41, 5.74) is 1.73. The van der Waals surface area contributed by atoms with Crippen molar-refractivity contribution in [3.05, 3.63) is 64.7 Å². The van der Waals surface area contributed by atoms with E-state index in [0.717, 1.165) is 11.8 Å². The largest absolute Gasteiger partial charge is 0.352 e. The third-order valence-electron chi connectivity index (χ3n) is 4.04. The first-order valence-electron chi connectivity index (χ1n) is 9.05. The van der Waals surface area contributed by atoms with E-state index >= 15 is 0 Å². The van der Waals surface area contributed by atoms with Gasteiger partial charge in [0.15, 0.2) is 0 Å². The molecule has 29 heavy (non-hydrogen) atoms. The van der Waals surface area contributed by atoms with Gasteiger partial charge in [0, 0.05) is 29.2 Å². The number of rotatable bonds is 9. The van der Waals surface area contributed by atoms with Crippen molar-refractivity contribution >= 4 is 39.1 Å². The van der Waals surface area contributed by atoms with Crippen LogP contribution < -0.4 is 15.4 Å². The van der Waals surface area contributed by atoms with E-state index in [2.05, 4.69) is 15.4 Å². The number of carbonyl (C=O) groups excluding carboxylic acids is 2. The number of hydrogen-bond acceptors (Lipinski definition) is 4. The van der Waals surface area contributed by atoms with Gasteiger partial charge in [-0.2, -0.15) is 0 Å². The van der Waals surface area contributed by atoms with Crippen molar-refractivity contribution in [3.63, 3.8) is 0 Å². The van der Waals surface area contributed by atoms with Gasteiger partial charge in [0.05, 0.1) is 12.3 Å². The third-order valence-corrected chi connectivity index (χ3v) is 4.90. The number of nitrogens with one attached hydrogen (secondary N) is 3. The van der Waals surface area contributed by atoms with Gasteiger partial charge >= 0.3 is 0 Å². The molecule has 2 aromatic rings. The van der Waals surface area contributed by atoms with Gasteiger partial charge in [-0.15, -0.1) is 0 Å². The summed E-state index contributed by atoms with van der Waals surface area (Å²) >= 11 is 5.79. The Labute approximate surface area is 175 Å². The molecule has 2 rings (SSSR count). The van der Waals surface area contributed by atoms with Crippen molar-refractivity contribution in [3.8, 4) is 0 Å². The second kappa shape index (κ2) is 10.3. The standard InChI is InChI=1S/C20H24ClN3O4S/c1-14(16-5-3-6-18(13-16)24-29(2,27)28)23-19(25)7-4-12-22-20(26)15-8-10-17(21)11-9-15/h3,5-6,8-11,13-14,24H,4,7,12H2,1-2H3,(H,22,26)(H,23,25). The van der Waals surface area contributed by atoms with Gasteiger partial charge in [0.2, 0.25) is 15.9 Å². The van der Waals surface area contributed by atoms with E-state index < -0.39 is 10.0 Å². The fourth-order valence-electron chi connectivity index (χ4n) is 2.64. The zero-order valence-electron chi connectivity index (χ0n) is 16.2. The number of sulfonamides is 1. The molecule has 0 bridgehead atoms. The van der Waals surface area contributed by atoms with E-state index in [1.54, 1.807) is 42.5 Å². The van der Waals surface area contributed by atoms with E-state index in [4.69, 9.17) is 11.6 Å². The van der Waals surface area contributed by atoms with Gasteiger partial charge in [0.25, 0.3) is 5.91 Å². The fraction of sp³-hybridized carbons (Fsp3) is 0.300. The fourth-order valence-corrected chi connectivity index (χ4v) is 3.32. The van der Waals surface area contributed by atoms with Gasteiger partial charge in [-0.25, -0.2) is 8.42 Å². The topological polar surface area (TPSA) is 104 Å². The molecular formula is C20H24ClN3O4S. The lowest BCUT2D eigenvalue weighted by molar-refractivity contribution is -0.121. The molecule has 0 saturated heterocycles. The number of halogens is 1. The number of benzene rings is 2. The molecule has 0 radical (unpaired) electrons. The van der Waals surface area contributed by atoms with Crippen LogP contribution in [0.4, 0.5) is 5.69 Å². The monoisotopic (exact) mass is 437 g/mol. The van der Waals surface area contributed by atoms with Crippen LogP contribution in [0.2, 0.25) is 5.02 Å². The molecule has 2 aromatic carbocycles. The minimum absolute atomic E-state index is 0.153. The average Bonchev–Trinajstić information content (AvgIpc) is 2.64. The van der Waals surface area contributed by atoms with Crippen molar-refractivity contribution in [2.45, 2.75) is 25.8 Å². The van der Waals surface area contributed by atoms with E-state index in [-0.39, 0.29) is 24.3 Å². The summed E-state index contributed by atoms with van der Waals surface area (Å²) in [6, 6.07) is 13.1. The predicted octanol–water partition coefficient (Wildman–Crippen LogP) is 3.10. The lowest BCUT2D eigenvalue weighted by Crippen LogP contribution is -2.29. The van der Waals surface area contributed by atoms with Crippen LogP contribution in [0.3, 0.4) is 0 Å². The van der Waals surface area contributed by atoms with Crippen LogP contribution in [0.25, 0.3) is 0 Å². The molecular weight excluding hydrogens is 414 g/mol. The molecule has 3 N–H and O–H groups in total. The second-order valence-corrected chi connectivity index (χ2v) is 8.84. The van der Waals surface area contributed by atoms with Crippen LogP contribution in [0.15, 0.2) is 48.5 Å². The minimum Gasteiger partial charge on any atom is -0.352 e. The highest BCUT2D eigenvalue weighted by Gasteiger charge is 2.11. The van der Waals surface area contributed by atoms with E-state index in [1.165, 1.54) is 0 Å². The maximum Gasteiger partial charge on any atom is 0.251 e. The summed E-state index contributed by atoms with van der Waals surface area (Å²) in [5, 5.41) is 6.19. The van der Waals surface area contributed by atoms with Crippen LogP contribution in [0, 0.1) is 0 Å². The van der Waals surface area contributed by atoms with Gasteiger partial charge in [-0.05, 0) is 55.3 Å². The Bertz CT molecular complexity index is 962. The number of anilines is 1. The Kier molecular flexibility index (Phi) is 8.04. The zero-order chi connectivity index (χ0) is 21.4. The molecule has 9 heteroatoms. The molecule has 0 heterocycles. The Hall–Kier alpha value is -2.58. The first-order chi connectivity index (χ1) is 13.6. The quantitative estimate of drug-likeness (QED) is 0.524. The van der Waals surface area contributed by atoms with E-state index in [1.807, 2.05) is 13.0 Å². The van der Waals surface area contributed by atoms with Crippen LogP contribution in [-0.4, -0.2) is 33.0 Å². The van der Waals surface area contributed by atoms with Crippen molar-refractivity contribution in [1.82, 2.24) is 10.6 Å². The molecule has 0 aliphatic rings. The molecule has 1 atom stereocenters. The lowest BCUT2D eigenvalue weighted by atomic mass is 10.1. The maximum absolute atomic E-state index is 12.1. The van der Waals surface area contributed by atoms with Crippen LogP contribution in [0.5, 0.6) is 0 Å². The lowest BCUT2D eigenvalue weighted by Gasteiger charge is -2.16. The zero-order valence-corrected chi connectivity index (χ0v) is 17.8. The van der Waals surface area contributed by atoms with Crippen molar-refractivity contribution in [2.24, 2.45) is 0 Å². The first kappa shape index (κ1) is 22.7. The average molecular weight is 438 g/mol. The smallest absolute Gasteiger partial charge is 0.251 e. The summed E-state index contributed by atoms with van der Waals surface area (Å²) in [5.74, 6) is -0.370. The molecule has 0 aliphatic heterocycles. The summed E-state index contributed by atoms with van der Waals surface area (Å²) in [6.07, 6.45) is 1.83. The van der Waals surface area contributed by atoms with Gasteiger partial charge in [-0.3, -0.25) is 14.3 Å². The second-order valence-electron chi connectivity index (χ2n) is 6.66. The van der Waals surface area contributed by atoms with Crippen LogP contribution in [-0.2, 0) is 14.8 Å². The molecule has 2 amide bonds. The molecule has 7 nitrogen and oxygen atoms in total. The predicted molar refractivity (Wildman–Crippen MR) is 114 cm³/mol. The summed E-state index contributed by atoms with van der Waals surface area (Å²) in [6.45, 7) is 2.19. The first-order valence-corrected chi connectivity index (χ1v) is 11.3. The highest BCUT2D eigenvalue weighted by atomic mass is 35.5. The summed E-state index contributed by atoms with van der Waals surface area (Å²) in [4.78, 5) is 24.1. The molecule has 0 saturated carbocycles. The highest BCUT2D eigenvalue weighted by molar-refractivity contribution is 7.92. The summed E-state index contributed by atoms with van der Waals surface area (Å²) < 4.78 is 25.1. The Morgan fingerprint density at radius 1 is 1.10 bits per heavy atom. The molecule has 0 fully saturated rings. The Balaban J connectivity index is 1.76. The van der Waals surface area contributed by atoms with E-state index in [9.17, 15) is 18.0 Å². The van der Waals surface area contributed by atoms with Gasteiger partial charge < -0.3 is 10.6 Å². The third kappa shape index (κ3) is 8.13. The van der Waals surface area contributed by atoms with Crippen molar-refractivity contribution < 1.29 is 18.0 Å². The highest BCUT2D eigenvalue weighted by Crippen LogP contribution is 2.18. The number of amides is 2. The number of hydrogen-bond donors (Lipinski definition) is 3. The molecule has 1 unspecified atom stereocenters. The van der Waals surface area contributed by atoms with Gasteiger partial charge in [-0.1, -0.05) is 23.7 Å². The van der Waals surface area contributed by atoms with Crippen molar-refractivity contribution in [2.75, 3.05) is 17.5 Å². The Morgan fingerprint density at radius 2 is 1.79 bits per heavy atom. The van der Waals surface area contributed by atoms with Gasteiger partial charge in [0.1, 0.15) is 0 Å². The molecule has 0 spiro atoms. The van der Waals surface area contributed by atoms with Crippen LogP contribution >= 0.6 is 11.6 Å². The SMILES string of the molecule is CC(NC(=O)CCCNC(=O)c1ccc(Cl)cc1)c1cccc(NS(C)(=O)=O)c1. The van der Waals surface area contributed by atoms with Crippen LogP contribution in [0.1, 0.15) is 41.7 Å². The van der Waals surface area contributed by atoms with Crippen molar-refractivity contribution in [1.29, 1.82) is 0 Å². The molecule has 0 aliphatic carbocycles. The number of carbonyl (C=O) groups is 2. The normalized spacial score (nSPS) is 12.1. The molecule has 0 aromatic heterocycles. The maximum atomic E-state index is 12.1. The summed E-state index contributed by atoms with van der Waals surface area (Å²) in [7, 11) is -3.37. The molecule has 156 valence electrons. The minimum atomic E-state index is -3.37.